The van der Waals surface area contributed by atoms with Gasteiger partial charge < -0.3 is 5.73 Å². The molecule has 0 saturated carbocycles. The van der Waals surface area contributed by atoms with Gasteiger partial charge in [0.05, 0.1) is 11.4 Å². The van der Waals surface area contributed by atoms with Crippen LogP contribution in [0, 0.1) is 0 Å². The zero-order chi connectivity index (χ0) is 10.7. The van der Waals surface area contributed by atoms with Gasteiger partial charge in [0, 0.05) is 17.1 Å². The van der Waals surface area contributed by atoms with Crippen LogP contribution in [0.1, 0.15) is 5.69 Å². The van der Waals surface area contributed by atoms with Crippen molar-refractivity contribution in [1.82, 2.24) is 9.97 Å². The van der Waals surface area contributed by atoms with Crippen LogP contribution in [0.5, 0.6) is 0 Å². The SMILES string of the molecule is NCc1cc(-c2ccc(Cl)cc2)ncn1. The van der Waals surface area contributed by atoms with E-state index in [9.17, 15) is 0 Å². The Kier molecular flexibility index (Phi) is 2.94. The van der Waals surface area contributed by atoms with E-state index >= 15 is 0 Å². The third-order valence-electron chi connectivity index (χ3n) is 2.07. The van der Waals surface area contributed by atoms with E-state index in [1.54, 1.807) is 0 Å². The molecule has 0 atom stereocenters. The maximum Gasteiger partial charge on any atom is 0.116 e. The molecular formula is C11H10ClN3. The Hall–Kier alpha value is -1.45. The van der Waals surface area contributed by atoms with Gasteiger partial charge in [-0.25, -0.2) is 9.97 Å². The van der Waals surface area contributed by atoms with Crippen LogP contribution in [-0.2, 0) is 6.54 Å². The Balaban J connectivity index is 2.40. The van der Waals surface area contributed by atoms with Gasteiger partial charge in [0.15, 0.2) is 0 Å². The number of hydrogen-bond acceptors (Lipinski definition) is 3. The van der Waals surface area contributed by atoms with Gasteiger partial charge in [0.1, 0.15) is 6.33 Å². The first kappa shape index (κ1) is 10.1. The monoisotopic (exact) mass is 219 g/mol. The van der Waals surface area contributed by atoms with E-state index in [2.05, 4.69) is 9.97 Å². The normalized spacial score (nSPS) is 10.3. The molecule has 1 aromatic heterocycles. The smallest absolute Gasteiger partial charge is 0.116 e. The molecule has 4 heteroatoms. The third-order valence-corrected chi connectivity index (χ3v) is 2.32. The summed E-state index contributed by atoms with van der Waals surface area (Å²) in [5, 5.41) is 0.715. The highest BCUT2D eigenvalue weighted by Gasteiger charge is 2.00. The largest absolute Gasteiger partial charge is 0.325 e. The fraction of sp³-hybridized carbons (Fsp3) is 0.0909. The van der Waals surface area contributed by atoms with Crippen molar-refractivity contribution in [1.29, 1.82) is 0 Å². The molecule has 0 aliphatic carbocycles. The van der Waals surface area contributed by atoms with Crippen molar-refractivity contribution in [3.8, 4) is 11.3 Å². The Labute approximate surface area is 92.9 Å². The summed E-state index contributed by atoms with van der Waals surface area (Å²) >= 11 is 5.80. The van der Waals surface area contributed by atoms with E-state index in [1.807, 2.05) is 30.3 Å². The van der Waals surface area contributed by atoms with Crippen LogP contribution < -0.4 is 5.73 Å². The minimum Gasteiger partial charge on any atom is -0.325 e. The molecular weight excluding hydrogens is 210 g/mol. The molecule has 15 heavy (non-hydrogen) atoms. The van der Waals surface area contributed by atoms with Gasteiger partial charge in [0.25, 0.3) is 0 Å². The van der Waals surface area contributed by atoms with Crippen molar-refractivity contribution < 1.29 is 0 Å². The molecule has 0 amide bonds. The van der Waals surface area contributed by atoms with Gasteiger partial charge in [-0.2, -0.15) is 0 Å². The lowest BCUT2D eigenvalue weighted by molar-refractivity contribution is 0.966. The molecule has 1 aromatic carbocycles. The first-order valence-corrected chi connectivity index (χ1v) is 4.94. The highest BCUT2D eigenvalue weighted by Crippen LogP contribution is 2.19. The minimum absolute atomic E-state index is 0.420. The lowest BCUT2D eigenvalue weighted by Gasteiger charge is -2.02. The Morgan fingerprint density at radius 1 is 1.13 bits per heavy atom. The fourth-order valence-corrected chi connectivity index (χ4v) is 1.41. The zero-order valence-electron chi connectivity index (χ0n) is 8.02. The van der Waals surface area contributed by atoms with Crippen LogP contribution in [0.25, 0.3) is 11.3 Å². The molecule has 1 heterocycles. The Morgan fingerprint density at radius 3 is 2.53 bits per heavy atom. The van der Waals surface area contributed by atoms with E-state index in [0.29, 0.717) is 11.6 Å². The quantitative estimate of drug-likeness (QED) is 0.843. The lowest BCUT2D eigenvalue weighted by atomic mass is 10.1. The van der Waals surface area contributed by atoms with Crippen molar-refractivity contribution in [3.05, 3.63) is 47.4 Å². The van der Waals surface area contributed by atoms with Gasteiger partial charge >= 0.3 is 0 Å². The fourth-order valence-electron chi connectivity index (χ4n) is 1.29. The van der Waals surface area contributed by atoms with Gasteiger partial charge in [-0.05, 0) is 18.2 Å². The van der Waals surface area contributed by atoms with Gasteiger partial charge in [-0.15, -0.1) is 0 Å². The molecule has 0 fully saturated rings. The Morgan fingerprint density at radius 2 is 1.87 bits per heavy atom. The van der Waals surface area contributed by atoms with E-state index in [0.717, 1.165) is 17.0 Å². The summed E-state index contributed by atoms with van der Waals surface area (Å²) in [5.74, 6) is 0. The number of nitrogens with two attached hydrogens (primary N) is 1. The second-order valence-electron chi connectivity index (χ2n) is 3.11. The second-order valence-corrected chi connectivity index (χ2v) is 3.54. The molecule has 3 nitrogen and oxygen atoms in total. The predicted molar refractivity (Wildman–Crippen MR) is 60.4 cm³/mol. The van der Waals surface area contributed by atoms with Crippen molar-refractivity contribution in [2.24, 2.45) is 5.73 Å². The topological polar surface area (TPSA) is 51.8 Å². The van der Waals surface area contributed by atoms with Crippen molar-refractivity contribution >= 4 is 11.6 Å². The molecule has 0 radical (unpaired) electrons. The molecule has 0 bridgehead atoms. The average Bonchev–Trinajstić information content (AvgIpc) is 2.30. The number of halogens is 1. The van der Waals surface area contributed by atoms with Crippen LogP contribution >= 0.6 is 11.6 Å². The number of hydrogen-bond donors (Lipinski definition) is 1. The minimum atomic E-state index is 0.420. The first-order chi connectivity index (χ1) is 7.29. The maximum atomic E-state index is 5.80. The van der Waals surface area contributed by atoms with Crippen molar-refractivity contribution in [3.63, 3.8) is 0 Å². The van der Waals surface area contributed by atoms with Gasteiger partial charge in [-0.1, -0.05) is 23.7 Å². The molecule has 76 valence electrons. The third kappa shape index (κ3) is 2.32. The van der Waals surface area contributed by atoms with E-state index in [1.165, 1.54) is 6.33 Å². The number of benzene rings is 1. The summed E-state index contributed by atoms with van der Waals surface area (Å²) < 4.78 is 0. The summed E-state index contributed by atoms with van der Waals surface area (Å²) in [6, 6.07) is 9.39. The van der Waals surface area contributed by atoms with E-state index < -0.39 is 0 Å². The summed E-state index contributed by atoms with van der Waals surface area (Å²) in [5.41, 5.74) is 8.21. The zero-order valence-corrected chi connectivity index (χ0v) is 8.78. The van der Waals surface area contributed by atoms with Gasteiger partial charge in [0.2, 0.25) is 0 Å². The molecule has 0 aliphatic rings. The van der Waals surface area contributed by atoms with Gasteiger partial charge in [-0.3, -0.25) is 0 Å². The predicted octanol–water partition coefficient (Wildman–Crippen LogP) is 2.26. The van der Waals surface area contributed by atoms with Crippen molar-refractivity contribution in [2.45, 2.75) is 6.54 Å². The summed E-state index contributed by atoms with van der Waals surface area (Å²) in [6.07, 6.45) is 1.52. The maximum absolute atomic E-state index is 5.80. The summed E-state index contributed by atoms with van der Waals surface area (Å²) in [4.78, 5) is 8.22. The van der Waals surface area contributed by atoms with E-state index in [4.69, 9.17) is 17.3 Å². The van der Waals surface area contributed by atoms with Crippen LogP contribution in [0.15, 0.2) is 36.7 Å². The first-order valence-electron chi connectivity index (χ1n) is 4.56. The number of nitrogens with zero attached hydrogens (tertiary/aromatic N) is 2. The molecule has 2 aromatic rings. The van der Waals surface area contributed by atoms with Crippen LogP contribution in [0.2, 0.25) is 5.02 Å². The standard InChI is InChI=1S/C11H10ClN3/c12-9-3-1-8(2-4-9)11-5-10(6-13)14-7-15-11/h1-5,7H,6,13H2. The summed E-state index contributed by atoms with van der Waals surface area (Å²) in [6.45, 7) is 0.420. The van der Waals surface area contributed by atoms with Crippen LogP contribution in [0.3, 0.4) is 0 Å². The van der Waals surface area contributed by atoms with Crippen molar-refractivity contribution in [2.75, 3.05) is 0 Å². The lowest BCUT2D eigenvalue weighted by Crippen LogP contribution is -2.00. The highest BCUT2D eigenvalue weighted by atomic mass is 35.5. The molecule has 0 spiro atoms. The molecule has 0 saturated heterocycles. The van der Waals surface area contributed by atoms with E-state index in [-0.39, 0.29) is 0 Å². The molecule has 0 unspecified atom stereocenters. The molecule has 2 N–H and O–H groups in total. The van der Waals surface area contributed by atoms with Crippen LogP contribution in [0.4, 0.5) is 0 Å². The summed E-state index contributed by atoms with van der Waals surface area (Å²) in [7, 11) is 0. The second kappa shape index (κ2) is 4.38. The molecule has 0 aliphatic heterocycles. The highest BCUT2D eigenvalue weighted by molar-refractivity contribution is 6.30. The van der Waals surface area contributed by atoms with Crippen LogP contribution in [-0.4, -0.2) is 9.97 Å². The molecule has 2 rings (SSSR count). The average molecular weight is 220 g/mol. The number of aromatic nitrogens is 2. The number of rotatable bonds is 2. The Bertz CT molecular complexity index is 454.